The van der Waals surface area contributed by atoms with Crippen molar-refractivity contribution in [3.8, 4) is 11.5 Å². The second-order valence-electron chi connectivity index (χ2n) is 4.58. The van der Waals surface area contributed by atoms with Crippen LogP contribution in [-0.4, -0.2) is 25.9 Å². The standard InChI is InChI=1S/C14H21O3P/c1-9(2)8-18-14(15)13-11(16-4)6-10(3)7-12(13)17-5/h6-7,9,15H,8H2,1-5H3/p-1. The van der Waals surface area contributed by atoms with Gasteiger partial charge in [0.15, 0.2) is 0 Å². The number of benzene rings is 1. The summed E-state index contributed by atoms with van der Waals surface area (Å²) < 4.78 is 10.6. The number of ether oxygens (including phenoxy) is 2. The van der Waals surface area contributed by atoms with Crippen LogP contribution in [0.25, 0.3) is 0 Å². The van der Waals surface area contributed by atoms with Crippen LogP contribution in [0.2, 0.25) is 0 Å². The minimum atomic E-state index is 0.0531. The number of methoxy groups -OCH3 is 2. The van der Waals surface area contributed by atoms with Crippen molar-refractivity contribution >= 4 is 13.7 Å². The molecule has 0 bridgehead atoms. The van der Waals surface area contributed by atoms with Gasteiger partial charge in [0, 0.05) is 5.56 Å². The van der Waals surface area contributed by atoms with Gasteiger partial charge in [-0.3, -0.25) is 0 Å². The molecule has 0 fully saturated rings. The van der Waals surface area contributed by atoms with Crippen molar-refractivity contribution in [2.24, 2.45) is 5.92 Å². The van der Waals surface area contributed by atoms with Crippen LogP contribution in [0.1, 0.15) is 25.0 Å². The fourth-order valence-electron chi connectivity index (χ4n) is 1.60. The minimum Gasteiger partial charge on any atom is -0.823 e. The first-order valence-corrected chi connectivity index (χ1v) is 7.02. The molecule has 0 saturated heterocycles. The molecular formula is C14H20O3P-. The van der Waals surface area contributed by atoms with Crippen LogP contribution in [-0.2, 0) is 0 Å². The molecule has 18 heavy (non-hydrogen) atoms. The van der Waals surface area contributed by atoms with Crippen molar-refractivity contribution in [2.75, 3.05) is 20.4 Å². The Balaban J connectivity index is 3.24. The van der Waals surface area contributed by atoms with Gasteiger partial charge in [-0.2, -0.15) is 0 Å². The molecule has 0 atom stereocenters. The molecule has 0 aromatic heterocycles. The Hall–Kier alpha value is -1.05. The lowest BCUT2D eigenvalue weighted by Gasteiger charge is -2.20. The molecule has 1 aromatic carbocycles. The molecule has 0 aliphatic carbocycles. The van der Waals surface area contributed by atoms with E-state index in [1.54, 1.807) is 14.2 Å². The molecule has 1 rings (SSSR count). The lowest BCUT2D eigenvalue weighted by molar-refractivity contribution is -0.207. The zero-order valence-electron chi connectivity index (χ0n) is 11.6. The summed E-state index contributed by atoms with van der Waals surface area (Å²) in [6.07, 6.45) is 0.846. The van der Waals surface area contributed by atoms with Crippen molar-refractivity contribution < 1.29 is 14.6 Å². The average molecular weight is 267 g/mol. The Kier molecular flexibility index (Phi) is 5.64. The highest BCUT2D eigenvalue weighted by molar-refractivity contribution is 7.40. The fourth-order valence-corrected chi connectivity index (χ4v) is 2.51. The molecule has 0 spiro atoms. The van der Waals surface area contributed by atoms with Gasteiger partial charge in [-0.15, -0.1) is 13.7 Å². The summed E-state index contributed by atoms with van der Waals surface area (Å²) in [7, 11) is 3.93. The van der Waals surface area contributed by atoms with E-state index in [0.29, 0.717) is 23.0 Å². The third kappa shape index (κ3) is 3.72. The van der Waals surface area contributed by atoms with Crippen LogP contribution in [0.3, 0.4) is 0 Å². The summed E-state index contributed by atoms with van der Waals surface area (Å²) in [5.41, 5.74) is 1.62. The summed E-state index contributed by atoms with van der Waals surface area (Å²) >= 11 is 0. The van der Waals surface area contributed by atoms with Crippen molar-refractivity contribution in [3.63, 3.8) is 0 Å². The summed E-state index contributed by atoms with van der Waals surface area (Å²) in [4.78, 5) is 0. The molecule has 1 aromatic rings. The molecule has 0 N–H and O–H groups in total. The van der Waals surface area contributed by atoms with Crippen LogP contribution in [0, 0.1) is 12.8 Å². The van der Waals surface area contributed by atoms with Gasteiger partial charge in [-0.25, -0.2) is 0 Å². The molecule has 0 aliphatic heterocycles. The van der Waals surface area contributed by atoms with Crippen molar-refractivity contribution in [2.45, 2.75) is 20.8 Å². The van der Waals surface area contributed by atoms with E-state index in [4.69, 9.17) is 9.47 Å². The van der Waals surface area contributed by atoms with Crippen LogP contribution >= 0.6 is 8.20 Å². The summed E-state index contributed by atoms with van der Waals surface area (Å²) in [5.74, 6) is 1.68. The second kappa shape index (κ2) is 6.77. The van der Waals surface area contributed by atoms with Gasteiger partial charge < -0.3 is 14.6 Å². The summed E-state index contributed by atoms with van der Waals surface area (Å²) in [5, 5.41) is 12.2. The van der Waals surface area contributed by atoms with Gasteiger partial charge in [0.1, 0.15) is 11.5 Å². The molecule has 0 aliphatic rings. The molecule has 0 saturated carbocycles. The van der Waals surface area contributed by atoms with Crippen molar-refractivity contribution in [1.29, 1.82) is 0 Å². The fraction of sp³-hybridized carbons (Fsp3) is 0.500. The lowest BCUT2D eigenvalue weighted by atomic mass is 10.1. The highest BCUT2D eigenvalue weighted by Crippen LogP contribution is 2.31. The largest absolute Gasteiger partial charge is 0.823 e. The second-order valence-corrected chi connectivity index (χ2v) is 5.67. The van der Waals surface area contributed by atoms with Crippen molar-refractivity contribution in [3.05, 3.63) is 23.3 Å². The topological polar surface area (TPSA) is 41.5 Å². The normalized spacial score (nSPS) is 11.8. The van der Waals surface area contributed by atoms with E-state index < -0.39 is 0 Å². The Morgan fingerprint density at radius 2 is 1.72 bits per heavy atom. The number of hydrogen-bond acceptors (Lipinski definition) is 3. The third-order valence-corrected chi connectivity index (χ3v) is 3.89. The Labute approximate surface area is 111 Å². The molecule has 3 nitrogen and oxygen atoms in total. The summed E-state index contributed by atoms with van der Waals surface area (Å²) in [6, 6.07) is 3.72. The zero-order valence-corrected chi connectivity index (χ0v) is 12.5. The zero-order chi connectivity index (χ0) is 13.7. The third-order valence-electron chi connectivity index (χ3n) is 2.46. The number of rotatable bonds is 5. The minimum absolute atomic E-state index is 0.0531. The van der Waals surface area contributed by atoms with Gasteiger partial charge in [0.05, 0.1) is 14.2 Å². The first kappa shape index (κ1) is 15.0. The van der Waals surface area contributed by atoms with Crippen LogP contribution < -0.4 is 14.6 Å². The van der Waals surface area contributed by atoms with Gasteiger partial charge in [-0.05, 0) is 36.7 Å². The predicted molar refractivity (Wildman–Crippen MR) is 75.0 cm³/mol. The number of aryl methyl sites for hydroxylation is 1. The van der Waals surface area contributed by atoms with E-state index >= 15 is 0 Å². The first-order valence-electron chi connectivity index (χ1n) is 5.94. The van der Waals surface area contributed by atoms with E-state index in [1.807, 2.05) is 19.1 Å². The maximum Gasteiger partial charge on any atom is 0.129 e. The molecule has 0 amide bonds. The first-order chi connectivity index (χ1) is 8.49. The Morgan fingerprint density at radius 3 is 2.11 bits per heavy atom. The lowest BCUT2D eigenvalue weighted by Crippen LogP contribution is -2.19. The smallest absolute Gasteiger partial charge is 0.129 e. The van der Waals surface area contributed by atoms with E-state index in [9.17, 15) is 5.11 Å². The predicted octanol–water partition coefficient (Wildman–Crippen LogP) is 2.45. The van der Waals surface area contributed by atoms with E-state index in [2.05, 4.69) is 13.8 Å². The van der Waals surface area contributed by atoms with Crippen LogP contribution in [0.4, 0.5) is 0 Å². The Bertz CT molecular complexity index is 414. The van der Waals surface area contributed by atoms with Gasteiger partial charge in [0.2, 0.25) is 0 Å². The van der Waals surface area contributed by atoms with Gasteiger partial charge in [0.25, 0.3) is 0 Å². The maximum atomic E-state index is 12.2. The van der Waals surface area contributed by atoms with Crippen molar-refractivity contribution in [1.82, 2.24) is 0 Å². The quantitative estimate of drug-likeness (QED) is 0.769. The molecule has 0 heterocycles. The molecule has 4 heteroatoms. The molecule has 100 valence electrons. The molecule has 0 unspecified atom stereocenters. The van der Waals surface area contributed by atoms with Crippen LogP contribution in [0.5, 0.6) is 11.5 Å². The molecule has 0 radical (unpaired) electrons. The monoisotopic (exact) mass is 267 g/mol. The van der Waals surface area contributed by atoms with E-state index in [0.717, 1.165) is 19.9 Å². The highest BCUT2D eigenvalue weighted by atomic mass is 31.1. The van der Waals surface area contributed by atoms with Crippen LogP contribution in [0.15, 0.2) is 12.1 Å². The summed E-state index contributed by atoms with van der Waals surface area (Å²) in [6.45, 7) is 6.15. The average Bonchev–Trinajstić information content (AvgIpc) is 2.34. The van der Waals surface area contributed by atoms with E-state index in [-0.39, 0.29) is 5.48 Å². The SMILES string of the molecule is COc1cc(C)cc(OC)c1C([O-])=PCC(C)C. The molecular weight excluding hydrogens is 247 g/mol. The Morgan fingerprint density at radius 1 is 1.22 bits per heavy atom. The van der Waals surface area contributed by atoms with E-state index in [1.165, 1.54) is 0 Å². The van der Waals surface area contributed by atoms with Gasteiger partial charge in [-0.1, -0.05) is 13.8 Å². The van der Waals surface area contributed by atoms with Gasteiger partial charge >= 0.3 is 0 Å². The number of hydrogen-bond donors (Lipinski definition) is 0. The maximum absolute atomic E-state index is 12.2. The highest BCUT2D eigenvalue weighted by Gasteiger charge is 2.10.